The lowest BCUT2D eigenvalue weighted by Gasteiger charge is -2.15. The van der Waals surface area contributed by atoms with Crippen molar-refractivity contribution in [2.24, 2.45) is 0 Å². The summed E-state index contributed by atoms with van der Waals surface area (Å²) in [4.78, 5) is 20.7. The van der Waals surface area contributed by atoms with Crippen LogP contribution in [0.2, 0.25) is 0 Å². The number of rotatable bonds is 8. The van der Waals surface area contributed by atoms with Crippen LogP contribution < -0.4 is 14.8 Å². The summed E-state index contributed by atoms with van der Waals surface area (Å²) in [5.41, 5.74) is 2.07. The lowest BCUT2D eigenvalue weighted by molar-refractivity contribution is -0.127. The summed E-state index contributed by atoms with van der Waals surface area (Å²) >= 11 is 0. The molecule has 0 aliphatic rings. The van der Waals surface area contributed by atoms with Crippen LogP contribution in [0.3, 0.4) is 0 Å². The SMILES string of the molecule is CCOc1ccc(OC(C)C(=O)NCc2cc(-c3ccc(F)cc3)ncn2)cc1. The first kappa shape index (κ1) is 20.3. The number of hydrogen-bond acceptors (Lipinski definition) is 5. The van der Waals surface area contributed by atoms with E-state index in [2.05, 4.69) is 15.3 Å². The third-order valence-electron chi connectivity index (χ3n) is 4.12. The molecule has 1 N–H and O–H groups in total. The van der Waals surface area contributed by atoms with Crippen LogP contribution in [0.1, 0.15) is 19.5 Å². The van der Waals surface area contributed by atoms with Crippen molar-refractivity contribution in [2.45, 2.75) is 26.5 Å². The zero-order chi connectivity index (χ0) is 20.6. The van der Waals surface area contributed by atoms with Crippen LogP contribution in [0, 0.1) is 5.82 Å². The van der Waals surface area contributed by atoms with Gasteiger partial charge >= 0.3 is 0 Å². The topological polar surface area (TPSA) is 73.3 Å². The molecule has 0 saturated carbocycles. The molecule has 29 heavy (non-hydrogen) atoms. The molecule has 1 heterocycles. The molecule has 0 radical (unpaired) electrons. The molecule has 0 spiro atoms. The normalized spacial score (nSPS) is 11.6. The first-order valence-corrected chi connectivity index (χ1v) is 9.29. The number of halogens is 1. The summed E-state index contributed by atoms with van der Waals surface area (Å²) in [6.07, 6.45) is 0.742. The van der Waals surface area contributed by atoms with Gasteiger partial charge in [-0.2, -0.15) is 0 Å². The van der Waals surface area contributed by atoms with Crippen LogP contribution in [-0.4, -0.2) is 28.6 Å². The summed E-state index contributed by atoms with van der Waals surface area (Å²) in [7, 11) is 0. The lowest BCUT2D eigenvalue weighted by atomic mass is 10.1. The summed E-state index contributed by atoms with van der Waals surface area (Å²) < 4.78 is 24.1. The Kier molecular flexibility index (Phi) is 6.73. The van der Waals surface area contributed by atoms with Gasteiger partial charge in [-0.15, -0.1) is 0 Å². The Bertz CT molecular complexity index is 946. The van der Waals surface area contributed by atoms with E-state index in [9.17, 15) is 9.18 Å². The number of hydrogen-bond donors (Lipinski definition) is 1. The number of carbonyl (C=O) groups excluding carboxylic acids is 1. The highest BCUT2D eigenvalue weighted by Crippen LogP contribution is 2.19. The number of aromatic nitrogens is 2. The van der Waals surface area contributed by atoms with Crippen LogP contribution in [0.4, 0.5) is 4.39 Å². The first-order valence-electron chi connectivity index (χ1n) is 9.29. The maximum Gasteiger partial charge on any atom is 0.261 e. The fourth-order valence-electron chi connectivity index (χ4n) is 2.63. The van der Waals surface area contributed by atoms with Gasteiger partial charge in [0.05, 0.1) is 24.5 Å². The van der Waals surface area contributed by atoms with E-state index in [0.717, 1.165) is 11.3 Å². The molecule has 1 amide bonds. The molecule has 1 atom stereocenters. The second kappa shape index (κ2) is 9.64. The third-order valence-corrected chi connectivity index (χ3v) is 4.12. The van der Waals surface area contributed by atoms with Crippen molar-refractivity contribution < 1.29 is 18.7 Å². The van der Waals surface area contributed by atoms with E-state index in [0.29, 0.717) is 23.7 Å². The smallest absolute Gasteiger partial charge is 0.261 e. The van der Waals surface area contributed by atoms with Gasteiger partial charge in [0.25, 0.3) is 5.91 Å². The largest absolute Gasteiger partial charge is 0.494 e. The average Bonchev–Trinajstić information content (AvgIpc) is 2.74. The standard InChI is InChI=1S/C22H22FN3O3/c1-3-28-19-8-10-20(11-9-19)29-15(2)22(27)24-13-18-12-21(26-14-25-18)16-4-6-17(23)7-5-16/h4-12,14-15H,3,13H2,1-2H3,(H,24,27). The van der Waals surface area contributed by atoms with Gasteiger partial charge in [-0.25, -0.2) is 14.4 Å². The molecule has 3 aromatic rings. The van der Waals surface area contributed by atoms with Crippen molar-refractivity contribution in [1.29, 1.82) is 0 Å². The van der Waals surface area contributed by atoms with Crippen molar-refractivity contribution in [2.75, 3.05) is 6.61 Å². The summed E-state index contributed by atoms with van der Waals surface area (Å²) in [5.74, 6) is 0.757. The Balaban J connectivity index is 1.55. The van der Waals surface area contributed by atoms with E-state index in [-0.39, 0.29) is 18.3 Å². The highest BCUT2D eigenvalue weighted by Gasteiger charge is 2.15. The lowest BCUT2D eigenvalue weighted by Crippen LogP contribution is -2.36. The Labute approximate surface area is 168 Å². The first-order chi connectivity index (χ1) is 14.0. The van der Waals surface area contributed by atoms with Gasteiger partial charge in [0.1, 0.15) is 23.6 Å². The van der Waals surface area contributed by atoms with Gasteiger partial charge in [-0.05, 0) is 68.4 Å². The van der Waals surface area contributed by atoms with E-state index in [4.69, 9.17) is 9.47 Å². The molecule has 7 heteroatoms. The molecule has 150 valence electrons. The number of carbonyl (C=O) groups is 1. The predicted molar refractivity (Wildman–Crippen MR) is 107 cm³/mol. The molecule has 6 nitrogen and oxygen atoms in total. The Morgan fingerprint density at radius 1 is 1.07 bits per heavy atom. The fourth-order valence-corrected chi connectivity index (χ4v) is 2.63. The van der Waals surface area contributed by atoms with Gasteiger partial charge in [-0.1, -0.05) is 0 Å². The average molecular weight is 395 g/mol. The summed E-state index contributed by atoms with van der Waals surface area (Å²) in [6, 6.07) is 14.9. The van der Waals surface area contributed by atoms with Crippen molar-refractivity contribution in [3.05, 3.63) is 72.4 Å². The minimum atomic E-state index is -0.675. The van der Waals surface area contributed by atoms with Gasteiger partial charge in [0.2, 0.25) is 0 Å². The van der Waals surface area contributed by atoms with E-state index in [1.165, 1.54) is 18.5 Å². The van der Waals surface area contributed by atoms with Gasteiger partial charge < -0.3 is 14.8 Å². The highest BCUT2D eigenvalue weighted by atomic mass is 19.1. The molecule has 0 aliphatic heterocycles. The Morgan fingerprint density at radius 2 is 1.76 bits per heavy atom. The summed E-state index contributed by atoms with van der Waals surface area (Å²) in [6.45, 7) is 4.41. The maximum absolute atomic E-state index is 13.1. The van der Waals surface area contributed by atoms with Crippen molar-refractivity contribution in [1.82, 2.24) is 15.3 Å². The predicted octanol–water partition coefficient (Wildman–Crippen LogP) is 3.77. The molecule has 1 unspecified atom stereocenters. The number of amides is 1. The zero-order valence-corrected chi connectivity index (χ0v) is 16.3. The molecule has 3 rings (SSSR count). The second-order valence-corrected chi connectivity index (χ2v) is 6.28. The molecule has 1 aromatic heterocycles. The van der Waals surface area contributed by atoms with Crippen LogP contribution in [0.5, 0.6) is 11.5 Å². The molecular formula is C22H22FN3O3. The number of ether oxygens (including phenoxy) is 2. The molecular weight excluding hydrogens is 373 g/mol. The highest BCUT2D eigenvalue weighted by molar-refractivity contribution is 5.80. The third kappa shape index (κ3) is 5.75. The zero-order valence-electron chi connectivity index (χ0n) is 16.3. The van der Waals surface area contributed by atoms with E-state index >= 15 is 0 Å². The summed E-state index contributed by atoms with van der Waals surface area (Å²) in [5, 5.41) is 2.80. The second-order valence-electron chi connectivity index (χ2n) is 6.28. The van der Waals surface area contributed by atoms with Crippen LogP contribution in [0.25, 0.3) is 11.3 Å². The molecule has 2 aromatic carbocycles. The monoisotopic (exact) mass is 395 g/mol. The maximum atomic E-state index is 13.1. The van der Waals surface area contributed by atoms with Gasteiger partial charge in [-0.3, -0.25) is 4.79 Å². The van der Waals surface area contributed by atoms with E-state index in [1.54, 1.807) is 49.4 Å². The Morgan fingerprint density at radius 3 is 2.45 bits per heavy atom. The number of benzene rings is 2. The molecule has 0 fully saturated rings. The minimum absolute atomic E-state index is 0.229. The van der Waals surface area contributed by atoms with E-state index in [1.807, 2.05) is 6.92 Å². The van der Waals surface area contributed by atoms with Crippen LogP contribution >= 0.6 is 0 Å². The van der Waals surface area contributed by atoms with Gasteiger partial charge in [0, 0.05) is 5.56 Å². The van der Waals surface area contributed by atoms with Crippen LogP contribution in [0.15, 0.2) is 60.9 Å². The van der Waals surface area contributed by atoms with Crippen molar-refractivity contribution >= 4 is 5.91 Å². The van der Waals surface area contributed by atoms with Crippen molar-refractivity contribution in [3.8, 4) is 22.8 Å². The molecule has 0 bridgehead atoms. The molecule has 0 aliphatic carbocycles. The van der Waals surface area contributed by atoms with E-state index < -0.39 is 6.10 Å². The Hall–Kier alpha value is -3.48. The number of nitrogens with one attached hydrogen (secondary N) is 1. The number of nitrogens with zero attached hydrogens (tertiary/aromatic N) is 2. The van der Waals surface area contributed by atoms with Crippen LogP contribution in [-0.2, 0) is 11.3 Å². The van der Waals surface area contributed by atoms with Crippen molar-refractivity contribution in [3.63, 3.8) is 0 Å². The fraction of sp³-hybridized carbons (Fsp3) is 0.227. The quantitative estimate of drug-likeness (QED) is 0.629. The molecule has 0 saturated heterocycles. The minimum Gasteiger partial charge on any atom is -0.494 e. The van der Waals surface area contributed by atoms with Gasteiger partial charge in [0.15, 0.2) is 6.10 Å².